The van der Waals surface area contributed by atoms with Crippen molar-refractivity contribution in [3.63, 3.8) is 0 Å². The summed E-state index contributed by atoms with van der Waals surface area (Å²) >= 11 is 0. The highest BCUT2D eigenvalue weighted by atomic mass is 16.4. The summed E-state index contributed by atoms with van der Waals surface area (Å²) in [5.74, 6) is -1.25. The van der Waals surface area contributed by atoms with Gasteiger partial charge in [-0.25, -0.2) is 9.78 Å². The van der Waals surface area contributed by atoms with Crippen LogP contribution in [0.4, 0.5) is 0 Å². The van der Waals surface area contributed by atoms with Crippen molar-refractivity contribution in [2.45, 2.75) is 20.0 Å². The van der Waals surface area contributed by atoms with Crippen molar-refractivity contribution in [3.05, 3.63) is 76.5 Å². The second kappa shape index (κ2) is 5.70. The molecule has 1 aliphatic rings. The molecule has 1 aromatic heterocycles. The number of carbonyl (C=O) groups excluding carboxylic acids is 1. The second-order valence-electron chi connectivity index (χ2n) is 6.29. The van der Waals surface area contributed by atoms with Crippen LogP contribution in [0.2, 0.25) is 0 Å². The van der Waals surface area contributed by atoms with Gasteiger partial charge in [0, 0.05) is 24.0 Å². The minimum atomic E-state index is -1.03. The zero-order valence-corrected chi connectivity index (χ0v) is 13.7. The topological polar surface area (TPSA) is 70.5 Å². The molecule has 5 heteroatoms. The van der Waals surface area contributed by atoms with Gasteiger partial charge in [0.2, 0.25) is 0 Å². The molecule has 2 aromatic carbocycles. The molecule has 0 saturated carbocycles. The van der Waals surface area contributed by atoms with E-state index in [2.05, 4.69) is 4.98 Å². The Bertz CT molecular complexity index is 1030. The molecule has 3 aromatic rings. The summed E-state index contributed by atoms with van der Waals surface area (Å²) in [7, 11) is 0. The zero-order chi connectivity index (χ0) is 17.6. The fourth-order valence-corrected chi connectivity index (χ4v) is 3.40. The van der Waals surface area contributed by atoms with Crippen molar-refractivity contribution in [1.29, 1.82) is 0 Å². The van der Waals surface area contributed by atoms with Crippen LogP contribution in [0, 0.1) is 6.92 Å². The monoisotopic (exact) mass is 332 g/mol. The van der Waals surface area contributed by atoms with Crippen LogP contribution in [0.5, 0.6) is 0 Å². The van der Waals surface area contributed by atoms with Gasteiger partial charge in [0.1, 0.15) is 5.69 Å². The van der Waals surface area contributed by atoms with Crippen LogP contribution in [-0.4, -0.2) is 26.9 Å². The number of hydrogen-bond donors (Lipinski definition) is 1. The van der Waals surface area contributed by atoms with E-state index in [4.69, 9.17) is 0 Å². The number of aryl methyl sites for hydroxylation is 1. The van der Waals surface area contributed by atoms with Gasteiger partial charge in [-0.3, -0.25) is 4.79 Å². The number of aromatic nitrogens is 1. The standard InChI is InChI=1S/C20H16N2O3/c1-12-5-4-6-13(9-12)10-22-11-15-17(20(24)25)14-7-2-3-8-16(14)21-18(15)19(22)23/h2-9H,10-11H2,1H3,(H,24,25). The van der Waals surface area contributed by atoms with Crippen LogP contribution >= 0.6 is 0 Å². The summed E-state index contributed by atoms with van der Waals surface area (Å²) in [6.07, 6.45) is 0. The maximum Gasteiger partial charge on any atom is 0.336 e. The maximum absolute atomic E-state index is 12.8. The number of carbonyl (C=O) groups is 2. The van der Waals surface area contributed by atoms with E-state index in [0.29, 0.717) is 23.0 Å². The minimum absolute atomic E-state index is 0.181. The number of pyridine rings is 1. The molecule has 2 heterocycles. The number of carboxylic acid groups (broad SMARTS) is 1. The molecule has 0 bridgehead atoms. The van der Waals surface area contributed by atoms with Gasteiger partial charge in [-0.2, -0.15) is 0 Å². The fourth-order valence-electron chi connectivity index (χ4n) is 3.40. The van der Waals surface area contributed by atoms with Crippen LogP contribution in [0.25, 0.3) is 10.9 Å². The number of carboxylic acids is 1. The second-order valence-corrected chi connectivity index (χ2v) is 6.29. The lowest BCUT2D eigenvalue weighted by Gasteiger charge is -2.15. The Hall–Kier alpha value is -3.21. The average Bonchev–Trinajstić information content (AvgIpc) is 2.88. The van der Waals surface area contributed by atoms with Crippen LogP contribution < -0.4 is 0 Å². The van der Waals surface area contributed by atoms with Gasteiger partial charge in [0.15, 0.2) is 0 Å². The van der Waals surface area contributed by atoms with Crippen LogP contribution in [0.1, 0.15) is 37.5 Å². The number of amides is 1. The number of nitrogens with zero attached hydrogens (tertiary/aromatic N) is 2. The predicted molar refractivity (Wildman–Crippen MR) is 93.5 cm³/mol. The largest absolute Gasteiger partial charge is 0.478 e. The van der Waals surface area contributed by atoms with E-state index >= 15 is 0 Å². The molecule has 5 nitrogen and oxygen atoms in total. The van der Waals surface area contributed by atoms with Gasteiger partial charge in [-0.05, 0) is 18.6 Å². The van der Waals surface area contributed by atoms with E-state index in [0.717, 1.165) is 11.1 Å². The molecule has 0 radical (unpaired) electrons. The summed E-state index contributed by atoms with van der Waals surface area (Å²) in [6, 6.07) is 15.0. The highest BCUT2D eigenvalue weighted by molar-refractivity contribution is 6.09. The van der Waals surface area contributed by atoms with E-state index in [9.17, 15) is 14.7 Å². The first-order valence-electron chi connectivity index (χ1n) is 8.04. The SMILES string of the molecule is Cc1cccc(CN2Cc3c(nc4ccccc4c3C(=O)O)C2=O)c1. The molecule has 25 heavy (non-hydrogen) atoms. The molecule has 0 spiro atoms. The van der Waals surface area contributed by atoms with Crippen molar-refractivity contribution in [2.24, 2.45) is 0 Å². The molecule has 0 fully saturated rings. The molecule has 0 atom stereocenters. The summed E-state index contributed by atoms with van der Waals surface area (Å²) in [6.45, 7) is 2.70. The molecule has 0 unspecified atom stereocenters. The summed E-state index contributed by atoms with van der Waals surface area (Å²) in [4.78, 5) is 30.7. The lowest BCUT2D eigenvalue weighted by atomic mass is 10.0. The third-order valence-electron chi connectivity index (χ3n) is 4.50. The zero-order valence-electron chi connectivity index (χ0n) is 13.7. The molecule has 0 saturated heterocycles. The van der Waals surface area contributed by atoms with E-state index in [-0.39, 0.29) is 23.7 Å². The van der Waals surface area contributed by atoms with E-state index in [1.54, 1.807) is 29.2 Å². The number of aromatic carboxylic acids is 1. The first-order valence-corrected chi connectivity index (χ1v) is 8.04. The van der Waals surface area contributed by atoms with Gasteiger partial charge in [-0.15, -0.1) is 0 Å². The third kappa shape index (κ3) is 2.54. The van der Waals surface area contributed by atoms with Gasteiger partial charge in [0.25, 0.3) is 5.91 Å². The van der Waals surface area contributed by atoms with Crippen molar-refractivity contribution in [3.8, 4) is 0 Å². The van der Waals surface area contributed by atoms with Gasteiger partial charge in [0.05, 0.1) is 11.1 Å². The molecular weight excluding hydrogens is 316 g/mol. The molecule has 4 rings (SSSR count). The first-order chi connectivity index (χ1) is 12.0. The Labute approximate surface area is 144 Å². The van der Waals surface area contributed by atoms with Crippen molar-refractivity contribution < 1.29 is 14.7 Å². The Balaban J connectivity index is 1.79. The molecular formula is C20H16N2O3. The fraction of sp³-hybridized carbons (Fsp3) is 0.150. The minimum Gasteiger partial charge on any atom is -0.478 e. The van der Waals surface area contributed by atoms with Crippen molar-refractivity contribution in [1.82, 2.24) is 9.88 Å². The summed E-state index contributed by atoms with van der Waals surface area (Å²) in [5, 5.41) is 10.3. The van der Waals surface area contributed by atoms with E-state index < -0.39 is 5.97 Å². The quantitative estimate of drug-likeness (QED) is 0.798. The average molecular weight is 332 g/mol. The van der Waals surface area contributed by atoms with E-state index in [1.807, 2.05) is 31.2 Å². The lowest BCUT2D eigenvalue weighted by Crippen LogP contribution is -2.23. The Morgan fingerprint density at radius 1 is 1.20 bits per heavy atom. The van der Waals surface area contributed by atoms with Crippen LogP contribution in [-0.2, 0) is 13.1 Å². The maximum atomic E-state index is 12.8. The molecule has 0 aliphatic carbocycles. The number of rotatable bonds is 3. The van der Waals surface area contributed by atoms with Gasteiger partial charge in [-0.1, -0.05) is 48.0 Å². The normalized spacial score (nSPS) is 13.3. The Morgan fingerprint density at radius 2 is 2.00 bits per heavy atom. The highest BCUT2D eigenvalue weighted by Gasteiger charge is 2.34. The van der Waals surface area contributed by atoms with Crippen LogP contribution in [0.15, 0.2) is 48.5 Å². The smallest absolute Gasteiger partial charge is 0.336 e. The number of benzene rings is 2. The summed E-state index contributed by atoms with van der Waals surface area (Å²) < 4.78 is 0. The number of fused-ring (bicyclic) bond motifs is 2. The van der Waals surface area contributed by atoms with Crippen molar-refractivity contribution >= 4 is 22.8 Å². The van der Waals surface area contributed by atoms with Gasteiger partial charge >= 0.3 is 5.97 Å². The van der Waals surface area contributed by atoms with Crippen LogP contribution in [0.3, 0.4) is 0 Å². The molecule has 1 N–H and O–H groups in total. The molecule has 1 amide bonds. The summed E-state index contributed by atoms with van der Waals surface area (Å²) in [5.41, 5.74) is 3.61. The highest BCUT2D eigenvalue weighted by Crippen LogP contribution is 2.31. The third-order valence-corrected chi connectivity index (χ3v) is 4.50. The van der Waals surface area contributed by atoms with Crippen molar-refractivity contribution in [2.75, 3.05) is 0 Å². The molecule has 1 aliphatic heterocycles. The first kappa shape index (κ1) is 15.3. The van der Waals surface area contributed by atoms with Gasteiger partial charge < -0.3 is 10.0 Å². The lowest BCUT2D eigenvalue weighted by molar-refractivity contribution is 0.0693. The number of hydrogen-bond acceptors (Lipinski definition) is 3. The predicted octanol–water partition coefficient (Wildman–Crippen LogP) is 3.40. The Morgan fingerprint density at radius 3 is 2.76 bits per heavy atom. The van der Waals surface area contributed by atoms with E-state index in [1.165, 1.54) is 0 Å². The Kier molecular flexibility index (Phi) is 3.50. The number of para-hydroxylation sites is 1. The molecule has 124 valence electrons.